The predicted octanol–water partition coefficient (Wildman–Crippen LogP) is 1.27. The van der Waals surface area contributed by atoms with Crippen LogP contribution in [0.25, 0.3) is 0 Å². The van der Waals surface area contributed by atoms with Crippen molar-refractivity contribution < 1.29 is 28.8 Å². The van der Waals surface area contributed by atoms with Gasteiger partial charge in [0.05, 0.1) is 16.6 Å². The molecule has 2 atom stereocenters. The number of carboxylic acids is 1. The molecule has 0 bridgehead atoms. The molecule has 0 heterocycles. The normalized spacial score (nSPS) is 15.0. The fourth-order valence-electron chi connectivity index (χ4n) is 1.52. The number of carboxylic acid groups (broad SMARTS) is 1. The van der Waals surface area contributed by atoms with Gasteiger partial charge in [0.2, 0.25) is 0 Å². The molecule has 0 saturated heterocycles. The van der Waals surface area contributed by atoms with Gasteiger partial charge in [0.1, 0.15) is 11.8 Å². The molecule has 0 aliphatic carbocycles. The summed E-state index contributed by atoms with van der Waals surface area (Å²) in [5.41, 5.74) is 5.10. The zero-order valence-corrected chi connectivity index (χ0v) is 12.0. The third-order valence-corrected chi connectivity index (χ3v) is 4.04. The standard InChI is InChI=1S/C11H15N2O7P/c1-7-9(13(16)17)3-2-4-10(7)20-21(18,19)6-5-8(12)11(14)15/h2-4,8H,5-6,12H2,1H3,(H,14,15)(H,18,19). The summed E-state index contributed by atoms with van der Waals surface area (Å²) >= 11 is 0. The van der Waals surface area contributed by atoms with Crippen LogP contribution in [0.3, 0.4) is 0 Å². The Kier molecular flexibility index (Phi) is 5.42. The Morgan fingerprint density at radius 2 is 2.19 bits per heavy atom. The van der Waals surface area contributed by atoms with Crippen LogP contribution in [0, 0.1) is 17.0 Å². The van der Waals surface area contributed by atoms with E-state index in [2.05, 4.69) is 0 Å². The number of nitrogens with two attached hydrogens (primary N) is 1. The number of nitrogens with zero attached hydrogens (tertiary/aromatic N) is 1. The molecule has 0 aliphatic rings. The summed E-state index contributed by atoms with van der Waals surface area (Å²) in [4.78, 5) is 30.3. The first-order valence-corrected chi connectivity index (χ1v) is 7.64. The Labute approximate surface area is 120 Å². The van der Waals surface area contributed by atoms with E-state index in [4.69, 9.17) is 15.4 Å². The molecule has 2 unspecified atom stereocenters. The lowest BCUT2D eigenvalue weighted by atomic mass is 10.2. The van der Waals surface area contributed by atoms with E-state index < -0.39 is 30.7 Å². The molecule has 21 heavy (non-hydrogen) atoms. The fraction of sp³-hybridized carbons (Fsp3) is 0.364. The van der Waals surface area contributed by atoms with E-state index in [9.17, 15) is 24.4 Å². The molecular weight excluding hydrogens is 303 g/mol. The Morgan fingerprint density at radius 1 is 1.57 bits per heavy atom. The highest BCUT2D eigenvalue weighted by atomic mass is 31.2. The first-order valence-electron chi connectivity index (χ1n) is 5.88. The summed E-state index contributed by atoms with van der Waals surface area (Å²) in [6.07, 6.45) is -0.723. The highest BCUT2D eigenvalue weighted by Gasteiger charge is 2.26. The Hall–Kier alpha value is -1.96. The van der Waals surface area contributed by atoms with Gasteiger partial charge < -0.3 is 20.3 Å². The maximum atomic E-state index is 11.9. The number of nitro benzene ring substituents is 1. The van der Waals surface area contributed by atoms with Crippen molar-refractivity contribution in [2.24, 2.45) is 5.73 Å². The van der Waals surface area contributed by atoms with Crippen LogP contribution in [0.2, 0.25) is 0 Å². The van der Waals surface area contributed by atoms with Gasteiger partial charge in [-0.1, -0.05) is 6.07 Å². The quantitative estimate of drug-likeness (QED) is 0.386. The SMILES string of the molecule is Cc1c(OP(=O)(O)CCC(N)C(=O)O)cccc1[N+](=O)[O-]. The Bertz CT molecular complexity index is 604. The van der Waals surface area contributed by atoms with Crippen molar-refractivity contribution in [1.29, 1.82) is 0 Å². The summed E-state index contributed by atoms with van der Waals surface area (Å²) in [6, 6.07) is 2.61. The van der Waals surface area contributed by atoms with Gasteiger partial charge in [-0.25, -0.2) is 4.57 Å². The minimum absolute atomic E-state index is 0.0982. The lowest BCUT2D eigenvalue weighted by Crippen LogP contribution is -2.31. The van der Waals surface area contributed by atoms with Crippen molar-refractivity contribution in [3.05, 3.63) is 33.9 Å². The van der Waals surface area contributed by atoms with Crippen LogP contribution in [0.15, 0.2) is 18.2 Å². The van der Waals surface area contributed by atoms with Gasteiger partial charge in [-0.15, -0.1) is 0 Å². The Balaban J connectivity index is 2.85. The zero-order chi connectivity index (χ0) is 16.2. The first-order chi connectivity index (χ1) is 9.64. The number of hydrogen-bond acceptors (Lipinski definition) is 6. The molecule has 0 saturated carbocycles. The molecule has 10 heteroatoms. The zero-order valence-electron chi connectivity index (χ0n) is 11.1. The summed E-state index contributed by atoms with van der Waals surface area (Å²) in [5.74, 6) is -1.39. The minimum Gasteiger partial charge on any atom is -0.480 e. The van der Waals surface area contributed by atoms with E-state index in [1.54, 1.807) is 0 Å². The van der Waals surface area contributed by atoms with E-state index >= 15 is 0 Å². The summed E-state index contributed by atoms with van der Waals surface area (Å²) < 4.78 is 16.8. The van der Waals surface area contributed by atoms with E-state index in [-0.39, 0.29) is 23.4 Å². The van der Waals surface area contributed by atoms with Crippen molar-refractivity contribution in [2.45, 2.75) is 19.4 Å². The van der Waals surface area contributed by atoms with E-state index in [0.717, 1.165) is 0 Å². The average Bonchev–Trinajstić information content (AvgIpc) is 2.37. The van der Waals surface area contributed by atoms with Gasteiger partial charge in [0.15, 0.2) is 0 Å². The lowest BCUT2D eigenvalue weighted by molar-refractivity contribution is -0.385. The molecule has 0 aromatic heterocycles. The smallest absolute Gasteiger partial charge is 0.376 e. The second-order valence-corrected chi connectivity index (χ2v) is 6.25. The molecule has 1 aromatic carbocycles. The summed E-state index contributed by atoms with van der Waals surface area (Å²) in [7, 11) is -4.15. The van der Waals surface area contributed by atoms with Crippen LogP contribution in [0.4, 0.5) is 5.69 Å². The van der Waals surface area contributed by atoms with Crippen molar-refractivity contribution in [3.8, 4) is 5.75 Å². The van der Waals surface area contributed by atoms with Gasteiger partial charge in [-0.3, -0.25) is 14.9 Å². The number of hydrogen-bond donors (Lipinski definition) is 3. The number of rotatable bonds is 7. The van der Waals surface area contributed by atoms with E-state index in [1.165, 1.54) is 25.1 Å². The maximum Gasteiger partial charge on any atom is 0.376 e. The molecule has 0 radical (unpaired) electrons. The average molecular weight is 318 g/mol. The third-order valence-electron chi connectivity index (χ3n) is 2.73. The monoisotopic (exact) mass is 318 g/mol. The van der Waals surface area contributed by atoms with Crippen LogP contribution in [0.1, 0.15) is 12.0 Å². The number of carbonyl (C=O) groups is 1. The van der Waals surface area contributed by atoms with Crippen molar-refractivity contribution in [3.63, 3.8) is 0 Å². The fourth-order valence-corrected chi connectivity index (χ4v) is 2.73. The number of nitro groups is 1. The summed E-state index contributed by atoms with van der Waals surface area (Å²) in [6.45, 7) is 1.39. The topological polar surface area (TPSA) is 153 Å². The van der Waals surface area contributed by atoms with Crippen molar-refractivity contribution in [2.75, 3.05) is 6.16 Å². The molecule has 4 N–H and O–H groups in total. The van der Waals surface area contributed by atoms with Crippen LogP contribution in [-0.4, -0.2) is 33.1 Å². The number of aliphatic carboxylic acids is 1. The highest BCUT2D eigenvalue weighted by Crippen LogP contribution is 2.45. The van der Waals surface area contributed by atoms with Crippen molar-refractivity contribution in [1.82, 2.24) is 0 Å². The van der Waals surface area contributed by atoms with Gasteiger partial charge in [-0.05, 0) is 19.4 Å². The van der Waals surface area contributed by atoms with Crippen LogP contribution in [-0.2, 0) is 9.36 Å². The molecule has 1 aromatic rings. The van der Waals surface area contributed by atoms with Gasteiger partial charge in [0.25, 0.3) is 5.69 Å². The van der Waals surface area contributed by atoms with Crippen LogP contribution in [0.5, 0.6) is 5.75 Å². The molecule has 0 aliphatic heterocycles. The Morgan fingerprint density at radius 3 is 2.71 bits per heavy atom. The molecular formula is C11H15N2O7P. The first kappa shape index (κ1) is 17.1. The molecule has 116 valence electrons. The molecule has 0 spiro atoms. The number of benzene rings is 1. The molecule has 1 rings (SSSR count). The lowest BCUT2D eigenvalue weighted by Gasteiger charge is -2.15. The third kappa shape index (κ3) is 4.82. The van der Waals surface area contributed by atoms with E-state index in [1.807, 2.05) is 0 Å². The van der Waals surface area contributed by atoms with Crippen LogP contribution < -0.4 is 10.3 Å². The van der Waals surface area contributed by atoms with E-state index in [0.29, 0.717) is 0 Å². The second kappa shape index (κ2) is 6.66. The molecule has 9 nitrogen and oxygen atoms in total. The van der Waals surface area contributed by atoms with Gasteiger partial charge in [-0.2, -0.15) is 0 Å². The summed E-state index contributed by atoms with van der Waals surface area (Å²) in [5, 5.41) is 19.4. The maximum absolute atomic E-state index is 11.9. The van der Waals surface area contributed by atoms with Crippen molar-refractivity contribution >= 4 is 19.3 Å². The predicted molar refractivity (Wildman–Crippen MR) is 73.4 cm³/mol. The molecule has 0 amide bonds. The minimum atomic E-state index is -4.15. The molecule has 0 fully saturated rings. The van der Waals surface area contributed by atoms with Gasteiger partial charge in [0, 0.05) is 6.07 Å². The largest absolute Gasteiger partial charge is 0.480 e. The van der Waals surface area contributed by atoms with Gasteiger partial charge >= 0.3 is 13.6 Å². The van der Waals surface area contributed by atoms with Crippen LogP contribution >= 0.6 is 7.60 Å². The second-order valence-electron chi connectivity index (χ2n) is 4.34. The highest BCUT2D eigenvalue weighted by molar-refractivity contribution is 7.53.